The number of hydroxylamine groups is 1. The summed E-state index contributed by atoms with van der Waals surface area (Å²) in [7, 11) is 1.48. The first-order valence-corrected chi connectivity index (χ1v) is 8.48. The molecule has 0 spiro atoms. The zero-order valence-electron chi connectivity index (χ0n) is 14.1. The van der Waals surface area contributed by atoms with Crippen LogP contribution < -0.4 is 15.8 Å². The highest BCUT2D eigenvalue weighted by atomic mass is 35.5. The lowest BCUT2D eigenvalue weighted by Crippen LogP contribution is -2.33. The Morgan fingerprint density at radius 2 is 1.96 bits per heavy atom. The van der Waals surface area contributed by atoms with Gasteiger partial charge in [-0.25, -0.2) is 10.2 Å². The number of rotatable bonds is 5. The Labute approximate surface area is 163 Å². The highest BCUT2D eigenvalue weighted by Crippen LogP contribution is 2.28. The maximum atomic E-state index is 12.7. The number of nitrogens with zero attached hydrogens (tertiary/aromatic N) is 3. The molecule has 0 saturated carbocycles. The number of hydrogen-bond donors (Lipinski definition) is 2. The molecule has 3 aromatic rings. The van der Waals surface area contributed by atoms with Gasteiger partial charge in [0.15, 0.2) is 0 Å². The quantitative estimate of drug-likeness (QED) is 0.495. The van der Waals surface area contributed by atoms with Crippen molar-refractivity contribution in [3.63, 3.8) is 0 Å². The molecule has 0 bridgehead atoms. The van der Waals surface area contributed by atoms with Crippen LogP contribution >= 0.6 is 23.2 Å². The minimum atomic E-state index is -0.780. The van der Waals surface area contributed by atoms with Crippen molar-refractivity contribution in [1.82, 2.24) is 20.2 Å². The van der Waals surface area contributed by atoms with Crippen molar-refractivity contribution in [2.24, 2.45) is 0 Å². The largest absolute Gasteiger partial charge is 0.497 e. The lowest BCUT2D eigenvalue weighted by molar-refractivity contribution is -0.130. The molecule has 27 heavy (non-hydrogen) atoms. The molecule has 8 nitrogen and oxygen atoms in total. The van der Waals surface area contributed by atoms with Gasteiger partial charge in [-0.3, -0.25) is 19.8 Å². The Balaban J connectivity index is 2.22. The second kappa shape index (κ2) is 7.91. The fourth-order valence-electron chi connectivity index (χ4n) is 2.65. The van der Waals surface area contributed by atoms with Gasteiger partial charge in [0.2, 0.25) is 0 Å². The van der Waals surface area contributed by atoms with E-state index in [-0.39, 0.29) is 6.42 Å². The van der Waals surface area contributed by atoms with Crippen LogP contribution in [0.3, 0.4) is 0 Å². The highest BCUT2D eigenvalue weighted by Gasteiger charge is 2.16. The van der Waals surface area contributed by atoms with E-state index < -0.39 is 18.0 Å². The molecule has 0 fully saturated rings. The van der Waals surface area contributed by atoms with Crippen molar-refractivity contribution >= 4 is 39.9 Å². The van der Waals surface area contributed by atoms with E-state index in [1.165, 1.54) is 25.0 Å². The van der Waals surface area contributed by atoms with E-state index in [0.29, 0.717) is 37.8 Å². The van der Waals surface area contributed by atoms with Crippen molar-refractivity contribution in [1.29, 1.82) is 0 Å². The molecule has 140 valence electrons. The smallest absolute Gasteiger partial charge is 0.275 e. The maximum absolute atomic E-state index is 12.7. The lowest BCUT2D eigenvalue weighted by Gasteiger charge is -2.12. The number of nitrogens with one attached hydrogen (secondary N) is 1. The molecule has 1 aromatic carbocycles. The third-order valence-electron chi connectivity index (χ3n) is 3.96. The zero-order chi connectivity index (χ0) is 19.6. The van der Waals surface area contributed by atoms with E-state index in [2.05, 4.69) is 10.1 Å². The number of carbonyl (C=O) groups excluding carboxylic acids is 1. The van der Waals surface area contributed by atoms with Crippen LogP contribution in [0.1, 0.15) is 11.3 Å². The summed E-state index contributed by atoms with van der Waals surface area (Å²) in [6, 6.07) is 4.97. The van der Waals surface area contributed by atoms with Gasteiger partial charge in [0.05, 0.1) is 28.2 Å². The number of halogens is 2. The van der Waals surface area contributed by atoms with E-state index in [4.69, 9.17) is 33.1 Å². The number of benzene rings is 1. The molecule has 0 aliphatic heterocycles. The Bertz CT molecular complexity index is 1060. The van der Waals surface area contributed by atoms with Crippen molar-refractivity contribution in [3.8, 4) is 5.75 Å². The van der Waals surface area contributed by atoms with Crippen LogP contribution in [-0.2, 0) is 17.8 Å². The molecule has 0 aliphatic carbocycles. The third-order valence-corrected chi connectivity index (χ3v) is 4.61. The summed E-state index contributed by atoms with van der Waals surface area (Å²) >= 11 is 12.4. The van der Waals surface area contributed by atoms with Crippen LogP contribution in [-0.4, -0.2) is 33.0 Å². The average molecular weight is 409 g/mol. The Morgan fingerprint density at radius 1 is 1.26 bits per heavy atom. The normalized spacial score (nSPS) is 10.8. The molecule has 0 unspecified atom stereocenters. The molecular formula is C17H14Cl2N4O4. The van der Waals surface area contributed by atoms with Gasteiger partial charge in [0.25, 0.3) is 11.5 Å². The lowest BCUT2D eigenvalue weighted by atomic mass is 10.0. The summed E-state index contributed by atoms with van der Waals surface area (Å²) in [5.74, 6) is -0.298. The minimum Gasteiger partial charge on any atom is -0.497 e. The topological polar surface area (TPSA) is 106 Å². The molecule has 0 saturated heterocycles. The summed E-state index contributed by atoms with van der Waals surface area (Å²) in [6.07, 6.45) is 3.14. The van der Waals surface area contributed by atoms with Crippen LogP contribution in [0.4, 0.5) is 0 Å². The molecule has 1 amide bonds. The number of ether oxygens (including phenoxy) is 1. The SMILES string of the molecule is COc1ccc2c(Cc3c(Cl)cncc3Cl)nn(CC(=O)NO)c(=O)c2c1. The van der Waals surface area contributed by atoms with Gasteiger partial charge in [0, 0.05) is 24.2 Å². The number of amides is 1. The van der Waals surface area contributed by atoms with Gasteiger partial charge in [-0.05, 0) is 23.8 Å². The van der Waals surface area contributed by atoms with Crippen molar-refractivity contribution < 1.29 is 14.7 Å². The van der Waals surface area contributed by atoms with Crippen LogP contribution in [0, 0.1) is 0 Å². The van der Waals surface area contributed by atoms with Crippen molar-refractivity contribution in [2.75, 3.05) is 7.11 Å². The number of carbonyl (C=O) groups is 1. The minimum absolute atomic E-state index is 0.212. The van der Waals surface area contributed by atoms with Gasteiger partial charge in [0.1, 0.15) is 12.3 Å². The molecule has 0 radical (unpaired) electrons. The first-order chi connectivity index (χ1) is 12.9. The van der Waals surface area contributed by atoms with Crippen LogP contribution in [0.5, 0.6) is 5.75 Å². The van der Waals surface area contributed by atoms with E-state index in [0.717, 1.165) is 4.68 Å². The van der Waals surface area contributed by atoms with Gasteiger partial charge in [-0.1, -0.05) is 23.2 Å². The van der Waals surface area contributed by atoms with Crippen LogP contribution in [0.15, 0.2) is 35.4 Å². The van der Waals surface area contributed by atoms with Gasteiger partial charge >= 0.3 is 0 Å². The first kappa shape index (κ1) is 19.1. The van der Waals surface area contributed by atoms with Gasteiger partial charge in [-0.15, -0.1) is 0 Å². The molecule has 2 aromatic heterocycles. The summed E-state index contributed by atoms with van der Waals surface area (Å²) < 4.78 is 6.14. The Kier molecular flexibility index (Phi) is 5.59. The van der Waals surface area contributed by atoms with Gasteiger partial charge < -0.3 is 4.74 Å². The number of pyridine rings is 1. The number of methoxy groups -OCH3 is 1. The molecule has 2 N–H and O–H groups in total. The molecule has 3 rings (SSSR count). The van der Waals surface area contributed by atoms with Crippen LogP contribution in [0.25, 0.3) is 10.8 Å². The highest BCUT2D eigenvalue weighted by molar-refractivity contribution is 6.35. The zero-order valence-corrected chi connectivity index (χ0v) is 15.6. The van der Waals surface area contributed by atoms with Crippen LogP contribution in [0.2, 0.25) is 10.0 Å². The molecule has 2 heterocycles. The van der Waals surface area contributed by atoms with Crippen molar-refractivity contribution in [3.05, 3.63) is 62.2 Å². The predicted octanol–water partition coefficient (Wildman–Crippen LogP) is 2.20. The van der Waals surface area contributed by atoms with E-state index in [9.17, 15) is 9.59 Å². The molecule has 0 aliphatic rings. The molecule has 0 atom stereocenters. The fraction of sp³-hybridized carbons (Fsp3) is 0.176. The fourth-order valence-corrected chi connectivity index (χ4v) is 3.14. The molecular weight excluding hydrogens is 395 g/mol. The van der Waals surface area contributed by atoms with E-state index in [1.54, 1.807) is 18.2 Å². The number of aromatic nitrogens is 3. The van der Waals surface area contributed by atoms with Gasteiger partial charge in [-0.2, -0.15) is 5.10 Å². The maximum Gasteiger partial charge on any atom is 0.275 e. The molecule has 10 heteroatoms. The second-order valence-corrected chi connectivity index (χ2v) is 6.43. The summed E-state index contributed by atoms with van der Waals surface area (Å²) in [5.41, 5.74) is 2.06. The number of fused-ring (bicyclic) bond motifs is 1. The van der Waals surface area contributed by atoms with E-state index >= 15 is 0 Å². The summed E-state index contributed by atoms with van der Waals surface area (Å²) in [4.78, 5) is 28.2. The predicted molar refractivity (Wildman–Crippen MR) is 99.5 cm³/mol. The van der Waals surface area contributed by atoms with E-state index in [1.807, 2.05) is 0 Å². The monoisotopic (exact) mass is 408 g/mol. The number of hydrogen-bond acceptors (Lipinski definition) is 6. The third kappa shape index (κ3) is 3.87. The van der Waals surface area contributed by atoms with Crippen molar-refractivity contribution in [2.45, 2.75) is 13.0 Å². The Hall–Kier alpha value is -2.68. The first-order valence-electron chi connectivity index (χ1n) is 7.73. The Morgan fingerprint density at radius 3 is 2.59 bits per heavy atom. The standard InChI is InChI=1S/C17H14Cl2N4O4/c1-27-9-2-3-10-11(4-9)17(25)23(8-16(24)22-26)21-15(10)5-12-13(18)6-20-7-14(12)19/h2-4,6-7,26H,5,8H2,1H3,(H,22,24). The second-order valence-electron chi connectivity index (χ2n) is 5.61. The average Bonchev–Trinajstić information content (AvgIpc) is 2.67. The summed E-state index contributed by atoms with van der Waals surface area (Å²) in [6.45, 7) is -0.451. The summed E-state index contributed by atoms with van der Waals surface area (Å²) in [5, 5.41) is 14.6.